The largest absolute Gasteiger partial charge is 0.481 e. The van der Waals surface area contributed by atoms with Gasteiger partial charge in [-0.05, 0) is 55.3 Å². The Morgan fingerprint density at radius 2 is 1.77 bits per heavy atom. The van der Waals surface area contributed by atoms with E-state index >= 15 is 0 Å². The maximum Gasteiger partial charge on any atom is 0.303 e. The SMILES string of the molecule is O=C(O)CC1[C@H]2CCC3CC[C@@H]1C32. The lowest BCUT2D eigenvalue weighted by Crippen LogP contribution is -2.43. The van der Waals surface area contributed by atoms with Crippen molar-refractivity contribution < 1.29 is 9.90 Å². The number of carbonyl (C=O) groups is 1. The molecule has 0 amide bonds. The maximum atomic E-state index is 10.7. The standard InChI is InChI=1S/C11H16O2/c12-10(13)5-9-7-3-1-6-2-4-8(9)11(6)7/h6-9,11H,1-5H2,(H,12,13)/t6?,7-,8+,9?,11?. The van der Waals surface area contributed by atoms with Crippen LogP contribution in [0, 0.1) is 29.6 Å². The van der Waals surface area contributed by atoms with Crippen LogP contribution in [-0.2, 0) is 4.79 Å². The van der Waals surface area contributed by atoms with Gasteiger partial charge < -0.3 is 5.11 Å². The average molecular weight is 180 g/mol. The first-order valence-electron chi connectivity index (χ1n) is 5.49. The quantitative estimate of drug-likeness (QED) is 0.707. The molecule has 0 heterocycles. The first-order chi connectivity index (χ1) is 6.27. The second-order valence-corrected chi connectivity index (χ2v) is 5.08. The van der Waals surface area contributed by atoms with Crippen molar-refractivity contribution in [2.45, 2.75) is 32.1 Å². The zero-order valence-corrected chi connectivity index (χ0v) is 7.78. The Kier molecular flexibility index (Phi) is 1.50. The molecule has 13 heavy (non-hydrogen) atoms. The van der Waals surface area contributed by atoms with Crippen molar-refractivity contribution in [2.75, 3.05) is 0 Å². The lowest BCUT2D eigenvalue weighted by molar-refractivity contribution is -0.142. The topological polar surface area (TPSA) is 37.3 Å². The fraction of sp³-hybridized carbons (Fsp3) is 0.909. The second kappa shape index (κ2) is 2.49. The van der Waals surface area contributed by atoms with E-state index in [1.54, 1.807) is 0 Å². The Hall–Kier alpha value is -0.530. The van der Waals surface area contributed by atoms with Crippen LogP contribution in [0.1, 0.15) is 32.1 Å². The van der Waals surface area contributed by atoms with E-state index in [0.29, 0.717) is 12.3 Å². The van der Waals surface area contributed by atoms with Crippen molar-refractivity contribution in [3.05, 3.63) is 0 Å². The normalized spacial score (nSPS) is 51.5. The fourth-order valence-electron chi connectivity index (χ4n) is 4.42. The minimum atomic E-state index is -0.584. The van der Waals surface area contributed by atoms with Crippen molar-refractivity contribution in [1.82, 2.24) is 0 Å². The highest BCUT2D eigenvalue weighted by molar-refractivity contribution is 5.67. The third kappa shape index (κ3) is 0.918. The molecule has 0 aromatic rings. The van der Waals surface area contributed by atoms with Crippen molar-refractivity contribution in [2.24, 2.45) is 29.6 Å². The molecule has 3 aliphatic rings. The molecule has 1 N–H and O–H groups in total. The van der Waals surface area contributed by atoms with Gasteiger partial charge in [-0.15, -0.1) is 0 Å². The number of hydrogen-bond donors (Lipinski definition) is 1. The Morgan fingerprint density at radius 3 is 2.31 bits per heavy atom. The van der Waals surface area contributed by atoms with Crippen LogP contribution >= 0.6 is 0 Å². The summed E-state index contributed by atoms with van der Waals surface area (Å²) >= 11 is 0. The fourth-order valence-corrected chi connectivity index (χ4v) is 4.42. The number of rotatable bonds is 2. The molecule has 0 radical (unpaired) electrons. The summed E-state index contributed by atoms with van der Waals surface area (Å²) in [6.45, 7) is 0. The van der Waals surface area contributed by atoms with Gasteiger partial charge in [-0.3, -0.25) is 4.79 Å². The van der Waals surface area contributed by atoms with E-state index in [0.717, 1.165) is 23.7 Å². The lowest BCUT2D eigenvalue weighted by Gasteiger charge is -2.46. The van der Waals surface area contributed by atoms with Gasteiger partial charge in [0.2, 0.25) is 0 Å². The molecule has 3 unspecified atom stereocenters. The van der Waals surface area contributed by atoms with Crippen molar-refractivity contribution in [1.29, 1.82) is 0 Å². The molecule has 2 heteroatoms. The van der Waals surface area contributed by atoms with Crippen molar-refractivity contribution >= 4 is 5.97 Å². The molecule has 0 bridgehead atoms. The van der Waals surface area contributed by atoms with Crippen LogP contribution in [0.5, 0.6) is 0 Å². The van der Waals surface area contributed by atoms with Crippen LogP contribution in [0.2, 0.25) is 0 Å². The Bertz CT molecular complexity index is 232. The Labute approximate surface area is 78.3 Å². The van der Waals surface area contributed by atoms with E-state index < -0.39 is 5.97 Å². The van der Waals surface area contributed by atoms with E-state index in [4.69, 9.17) is 5.11 Å². The summed E-state index contributed by atoms with van der Waals surface area (Å²) in [5.41, 5.74) is 0. The van der Waals surface area contributed by atoms with Crippen molar-refractivity contribution in [3.63, 3.8) is 0 Å². The third-order valence-corrected chi connectivity index (χ3v) is 4.78. The van der Waals surface area contributed by atoms with E-state index in [2.05, 4.69) is 0 Å². The Balaban J connectivity index is 1.75. The highest BCUT2D eigenvalue weighted by atomic mass is 16.4. The molecule has 0 saturated heterocycles. The van der Waals surface area contributed by atoms with E-state index in [9.17, 15) is 4.79 Å². The number of carboxylic acids is 1. The van der Waals surface area contributed by atoms with Gasteiger partial charge in [0, 0.05) is 6.42 Å². The van der Waals surface area contributed by atoms with Crippen LogP contribution in [-0.4, -0.2) is 11.1 Å². The first kappa shape index (κ1) is 7.84. The van der Waals surface area contributed by atoms with Crippen LogP contribution in [0.25, 0.3) is 0 Å². The van der Waals surface area contributed by atoms with Gasteiger partial charge in [-0.25, -0.2) is 0 Å². The van der Waals surface area contributed by atoms with Gasteiger partial charge in [-0.1, -0.05) is 0 Å². The van der Waals surface area contributed by atoms with Gasteiger partial charge in [0.25, 0.3) is 0 Å². The first-order valence-corrected chi connectivity index (χ1v) is 5.49. The average Bonchev–Trinajstić information content (AvgIpc) is 2.51. The summed E-state index contributed by atoms with van der Waals surface area (Å²) in [6.07, 6.45) is 5.87. The predicted octanol–water partition coefficient (Wildman–Crippen LogP) is 2.14. The lowest BCUT2D eigenvalue weighted by atomic mass is 9.58. The molecule has 0 aliphatic heterocycles. The summed E-state index contributed by atoms with van der Waals surface area (Å²) in [4.78, 5) is 10.7. The summed E-state index contributed by atoms with van der Waals surface area (Å²) in [5, 5.41) is 8.80. The zero-order valence-electron chi connectivity index (χ0n) is 7.78. The highest BCUT2D eigenvalue weighted by Gasteiger charge is 2.59. The monoisotopic (exact) mass is 180 g/mol. The molecule has 3 rings (SSSR count). The van der Waals surface area contributed by atoms with Gasteiger partial charge in [0.05, 0.1) is 0 Å². The highest BCUT2D eigenvalue weighted by Crippen LogP contribution is 2.65. The molecule has 72 valence electrons. The molecule has 5 atom stereocenters. The van der Waals surface area contributed by atoms with Gasteiger partial charge in [0.1, 0.15) is 0 Å². The van der Waals surface area contributed by atoms with Gasteiger partial charge in [-0.2, -0.15) is 0 Å². The predicted molar refractivity (Wildman–Crippen MR) is 48.2 cm³/mol. The summed E-state index contributed by atoms with van der Waals surface area (Å²) in [7, 11) is 0. The molecular weight excluding hydrogens is 164 g/mol. The Morgan fingerprint density at radius 1 is 1.15 bits per heavy atom. The van der Waals surface area contributed by atoms with E-state index in [1.165, 1.54) is 25.7 Å². The molecule has 0 spiro atoms. The number of hydrogen-bond acceptors (Lipinski definition) is 1. The van der Waals surface area contributed by atoms with Crippen LogP contribution in [0.4, 0.5) is 0 Å². The minimum Gasteiger partial charge on any atom is -0.481 e. The molecule has 2 nitrogen and oxygen atoms in total. The molecule has 3 saturated carbocycles. The summed E-state index contributed by atoms with van der Waals surface area (Å²) in [5.74, 6) is 3.50. The molecule has 3 aliphatic carbocycles. The third-order valence-electron chi connectivity index (χ3n) is 4.78. The zero-order chi connectivity index (χ0) is 9.00. The number of aliphatic carboxylic acids is 1. The molecular formula is C11H16O2. The molecule has 0 aromatic carbocycles. The van der Waals surface area contributed by atoms with Gasteiger partial charge in [0.15, 0.2) is 0 Å². The van der Waals surface area contributed by atoms with E-state index in [-0.39, 0.29) is 0 Å². The van der Waals surface area contributed by atoms with Crippen LogP contribution in [0.15, 0.2) is 0 Å². The van der Waals surface area contributed by atoms with E-state index in [1.807, 2.05) is 0 Å². The van der Waals surface area contributed by atoms with Crippen LogP contribution < -0.4 is 0 Å². The van der Waals surface area contributed by atoms with Crippen molar-refractivity contribution in [3.8, 4) is 0 Å². The molecule has 3 fully saturated rings. The van der Waals surface area contributed by atoms with Crippen LogP contribution in [0.3, 0.4) is 0 Å². The molecule has 0 aromatic heterocycles. The second-order valence-electron chi connectivity index (χ2n) is 5.08. The summed E-state index contributed by atoms with van der Waals surface area (Å²) in [6, 6.07) is 0. The summed E-state index contributed by atoms with van der Waals surface area (Å²) < 4.78 is 0. The minimum absolute atomic E-state index is 0.443. The van der Waals surface area contributed by atoms with Gasteiger partial charge >= 0.3 is 5.97 Å². The maximum absolute atomic E-state index is 10.7. The number of carboxylic acid groups (broad SMARTS) is 1. The smallest absolute Gasteiger partial charge is 0.303 e.